The number of benzene rings is 1. The van der Waals surface area contributed by atoms with E-state index in [0.717, 1.165) is 43.6 Å². The van der Waals surface area contributed by atoms with Gasteiger partial charge in [0.15, 0.2) is 0 Å². The van der Waals surface area contributed by atoms with E-state index in [0.29, 0.717) is 0 Å². The molecule has 2 heterocycles. The van der Waals surface area contributed by atoms with Crippen molar-refractivity contribution >= 4 is 5.82 Å². The zero-order chi connectivity index (χ0) is 16.2. The van der Waals surface area contributed by atoms with E-state index in [1.807, 2.05) is 13.0 Å². The Morgan fingerprint density at radius 1 is 1.26 bits per heavy atom. The molecule has 0 saturated carbocycles. The van der Waals surface area contributed by atoms with Crippen LogP contribution in [0.4, 0.5) is 5.82 Å². The van der Waals surface area contributed by atoms with E-state index < -0.39 is 0 Å². The molecule has 2 aromatic rings. The van der Waals surface area contributed by atoms with E-state index in [9.17, 15) is 0 Å². The maximum atomic E-state index is 5.89. The quantitative estimate of drug-likeness (QED) is 0.867. The summed E-state index contributed by atoms with van der Waals surface area (Å²) in [5.74, 6) is 1.72. The van der Waals surface area contributed by atoms with Gasteiger partial charge in [-0.1, -0.05) is 30.3 Å². The zero-order valence-electron chi connectivity index (χ0n) is 14.1. The van der Waals surface area contributed by atoms with E-state index in [2.05, 4.69) is 64.2 Å². The fourth-order valence-electron chi connectivity index (χ4n) is 2.83. The van der Waals surface area contributed by atoms with Crippen molar-refractivity contribution in [3.05, 3.63) is 53.5 Å². The highest BCUT2D eigenvalue weighted by Crippen LogP contribution is 2.23. The van der Waals surface area contributed by atoms with Crippen molar-refractivity contribution in [3.63, 3.8) is 0 Å². The molecule has 0 radical (unpaired) electrons. The summed E-state index contributed by atoms with van der Waals surface area (Å²) in [6.45, 7) is 5.36. The standard InChI is InChI=1S/C18H24N4O/c1-14-19-16(17-13-21(2)9-10-23-17)11-18(20-14)22(3)12-15-7-5-4-6-8-15/h4-8,11,17H,9-10,12-13H2,1-3H3. The molecule has 0 aliphatic carbocycles. The van der Waals surface area contributed by atoms with E-state index >= 15 is 0 Å². The molecule has 3 rings (SSSR count). The van der Waals surface area contributed by atoms with Gasteiger partial charge in [0.1, 0.15) is 17.7 Å². The molecule has 0 N–H and O–H groups in total. The molecule has 122 valence electrons. The Morgan fingerprint density at radius 3 is 2.78 bits per heavy atom. The maximum absolute atomic E-state index is 5.89. The summed E-state index contributed by atoms with van der Waals surface area (Å²) >= 11 is 0. The van der Waals surface area contributed by atoms with Crippen LogP contribution < -0.4 is 4.90 Å². The summed E-state index contributed by atoms with van der Waals surface area (Å²) in [5, 5.41) is 0. The first-order valence-corrected chi connectivity index (χ1v) is 8.02. The largest absolute Gasteiger partial charge is 0.369 e. The van der Waals surface area contributed by atoms with Gasteiger partial charge in [-0.25, -0.2) is 9.97 Å². The molecule has 23 heavy (non-hydrogen) atoms. The molecule has 1 aromatic carbocycles. The third-order valence-corrected chi connectivity index (χ3v) is 4.10. The number of aryl methyl sites for hydroxylation is 1. The van der Waals surface area contributed by atoms with Gasteiger partial charge in [-0.2, -0.15) is 0 Å². The number of hydrogen-bond acceptors (Lipinski definition) is 5. The van der Waals surface area contributed by atoms with Crippen molar-refractivity contribution in [1.82, 2.24) is 14.9 Å². The lowest BCUT2D eigenvalue weighted by Gasteiger charge is -2.30. The van der Waals surface area contributed by atoms with E-state index in [-0.39, 0.29) is 6.10 Å². The Kier molecular flexibility index (Phi) is 4.88. The topological polar surface area (TPSA) is 41.5 Å². The molecular formula is C18H24N4O. The lowest BCUT2D eigenvalue weighted by atomic mass is 10.2. The second-order valence-electron chi connectivity index (χ2n) is 6.16. The number of rotatable bonds is 4. The van der Waals surface area contributed by atoms with Gasteiger partial charge in [0.05, 0.1) is 12.3 Å². The first kappa shape index (κ1) is 15.9. The van der Waals surface area contributed by atoms with Gasteiger partial charge < -0.3 is 14.5 Å². The molecule has 0 spiro atoms. The summed E-state index contributed by atoms with van der Waals surface area (Å²) in [7, 11) is 4.18. The second-order valence-corrected chi connectivity index (χ2v) is 6.16. The number of ether oxygens (including phenoxy) is 1. The van der Waals surface area contributed by atoms with Gasteiger partial charge in [0.2, 0.25) is 0 Å². The van der Waals surface area contributed by atoms with Gasteiger partial charge in [-0.3, -0.25) is 0 Å². The predicted molar refractivity (Wildman–Crippen MR) is 91.5 cm³/mol. The molecule has 1 aliphatic heterocycles. The van der Waals surface area contributed by atoms with Crippen LogP contribution in [0.5, 0.6) is 0 Å². The minimum absolute atomic E-state index is 0.0272. The van der Waals surface area contributed by atoms with E-state index in [1.165, 1.54) is 5.56 Å². The number of anilines is 1. The van der Waals surface area contributed by atoms with Crippen LogP contribution in [0, 0.1) is 6.92 Å². The van der Waals surface area contributed by atoms with Gasteiger partial charge >= 0.3 is 0 Å². The van der Waals surface area contributed by atoms with Crippen molar-refractivity contribution in [1.29, 1.82) is 0 Å². The van der Waals surface area contributed by atoms with Gasteiger partial charge in [0, 0.05) is 32.7 Å². The van der Waals surface area contributed by atoms with Crippen LogP contribution in [-0.2, 0) is 11.3 Å². The monoisotopic (exact) mass is 312 g/mol. The maximum Gasteiger partial charge on any atom is 0.132 e. The highest BCUT2D eigenvalue weighted by molar-refractivity contribution is 5.40. The molecule has 1 aliphatic rings. The molecule has 1 aromatic heterocycles. The van der Waals surface area contributed by atoms with Crippen LogP contribution in [0.25, 0.3) is 0 Å². The van der Waals surface area contributed by atoms with Crippen molar-refractivity contribution < 1.29 is 4.74 Å². The highest BCUT2D eigenvalue weighted by atomic mass is 16.5. The molecule has 0 bridgehead atoms. The number of aromatic nitrogens is 2. The fraction of sp³-hybridized carbons (Fsp3) is 0.444. The van der Waals surface area contributed by atoms with Crippen molar-refractivity contribution in [2.45, 2.75) is 19.6 Å². The summed E-state index contributed by atoms with van der Waals surface area (Å²) in [5.41, 5.74) is 2.24. The summed E-state index contributed by atoms with van der Waals surface area (Å²) < 4.78 is 5.89. The highest BCUT2D eigenvalue weighted by Gasteiger charge is 2.22. The first-order chi connectivity index (χ1) is 11.1. The number of hydrogen-bond donors (Lipinski definition) is 0. The van der Waals surface area contributed by atoms with Crippen LogP contribution in [-0.4, -0.2) is 48.7 Å². The van der Waals surface area contributed by atoms with Crippen LogP contribution in [0.3, 0.4) is 0 Å². The molecule has 1 fully saturated rings. The third kappa shape index (κ3) is 4.06. The lowest BCUT2D eigenvalue weighted by Crippen LogP contribution is -2.35. The Balaban J connectivity index is 1.79. The number of nitrogens with zero attached hydrogens (tertiary/aromatic N) is 4. The Labute approximate surface area is 137 Å². The van der Waals surface area contributed by atoms with Gasteiger partial charge in [0.25, 0.3) is 0 Å². The van der Waals surface area contributed by atoms with Gasteiger partial charge in [-0.05, 0) is 19.5 Å². The number of likely N-dealkylation sites (N-methyl/N-ethyl adjacent to an activating group) is 1. The SMILES string of the molecule is Cc1nc(C2CN(C)CCO2)cc(N(C)Cc2ccccc2)n1. The van der Waals surface area contributed by atoms with Crippen LogP contribution in [0.1, 0.15) is 23.2 Å². The van der Waals surface area contributed by atoms with E-state index in [1.54, 1.807) is 0 Å². The van der Waals surface area contributed by atoms with Gasteiger partial charge in [-0.15, -0.1) is 0 Å². The average Bonchev–Trinajstić information content (AvgIpc) is 2.55. The Morgan fingerprint density at radius 2 is 2.04 bits per heavy atom. The molecule has 5 heteroatoms. The average molecular weight is 312 g/mol. The van der Waals surface area contributed by atoms with Crippen molar-refractivity contribution in [3.8, 4) is 0 Å². The summed E-state index contributed by atoms with van der Waals surface area (Å²) in [6, 6.07) is 12.5. The normalized spacial score (nSPS) is 18.8. The Hall–Kier alpha value is -1.98. The van der Waals surface area contributed by atoms with E-state index in [4.69, 9.17) is 4.74 Å². The van der Waals surface area contributed by atoms with Crippen molar-refractivity contribution in [2.24, 2.45) is 0 Å². The second kappa shape index (κ2) is 7.06. The van der Waals surface area contributed by atoms with Crippen LogP contribution >= 0.6 is 0 Å². The molecule has 1 atom stereocenters. The van der Waals surface area contributed by atoms with Crippen LogP contribution in [0.2, 0.25) is 0 Å². The Bertz CT molecular complexity index is 647. The lowest BCUT2D eigenvalue weighted by molar-refractivity contribution is -0.0232. The number of morpholine rings is 1. The smallest absolute Gasteiger partial charge is 0.132 e. The molecule has 5 nitrogen and oxygen atoms in total. The van der Waals surface area contributed by atoms with Crippen LogP contribution in [0.15, 0.2) is 36.4 Å². The molecule has 1 unspecified atom stereocenters. The minimum Gasteiger partial charge on any atom is -0.369 e. The summed E-state index contributed by atoms with van der Waals surface area (Å²) in [4.78, 5) is 13.6. The van der Waals surface area contributed by atoms with Crippen molar-refractivity contribution in [2.75, 3.05) is 38.7 Å². The molecule has 0 amide bonds. The predicted octanol–water partition coefficient (Wildman–Crippen LogP) is 2.42. The molecule has 1 saturated heterocycles. The fourth-order valence-corrected chi connectivity index (χ4v) is 2.83. The summed E-state index contributed by atoms with van der Waals surface area (Å²) in [6.07, 6.45) is 0.0272. The molecular weight excluding hydrogens is 288 g/mol. The minimum atomic E-state index is 0.0272. The third-order valence-electron chi connectivity index (χ3n) is 4.10. The first-order valence-electron chi connectivity index (χ1n) is 8.02. The zero-order valence-corrected chi connectivity index (χ0v) is 14.1.